The molecule has 0 atom stereocenters. The summed E-state index contributed by atoms with van der Waals surface area (Å²) in [4.78, 5) is 22.0. The second-order valence-electron chi connectivity index (χ2n) is 5.18. The average Bonchev–Trinajstić information content (AvgIpc) is 3.05. The van der Waals surface area contributed by atoms with Crippen molar-refractivity contribution in [2.45, 2.75) is 31.7 Å². The molecular formula is C13H18N6O. The molecule has 1 fully saturated rings. The number of carbonyl (C=O) groups excluding carboxylic acids is 1. The normalized spacial score (nSPS) is 15.8. The van der Waals surface area contributed by atoms with Crippen LogP contribution in [0.3, 0.4) is 0 Å². The summed E-state index contributed by atoms with van der Waals surface area (Å²) >= 11 is 0. The summed E-state index contributed by atoms with van der Waals surface area (Å²) in [5, 5.41) is 0. The average molecular weight is 274 g/mol. The van der Waals surface area contributed by atoms with Gasteiger partial charge in [-0.15, -0.1) is 0 Å². The fourth-order valence-electron chi connectivity index (χ4n) is 2.89. The molecule has 4 N–H and O–H groups in total. The minimum atomic E-state index is -0.370. The van der Waals surface area contributed by atoms with Crippen LogP contribution in [0.5, 0.6) is 0 Å². The molecule has 0 spiro atoms. The van der Waals surface area contributed by atoms with Crippen LogP contribution in [0.15, 0.2) is 18.6 Å². The first-order chi connectivity index (χ1) is 9.65. The molecular weight excluding hydrogens is 256 g/mol. The number of hydrogen-bond acceptors (Lipinski definition) is 5. The van der Waals surface area contributed by atoms with E-state index in [1.165, 1.54) is 0 Å². The van der Waals surface area contributed by atoms with Gasteiger partial charge in [0.2, 0.25) is 5.91 Å². The molecule has 3 rings (SSSR count). The summed E-state index contributed by atoms with van der Waals surface area (Å²) in [7, 11) is 0. The van der Waals surface area contributed by atoms with Crippen molar-refractivity contribution >= 4 is 23.2 Å². The predicted octanol–water partition coefficient (Wildman–Crippen LogP) is 0.546. The first-order valence-corrected chi connectivity index (χ1v) is 6.79. The Morgan fingerprint density at radius 1 is 1.45 bits per heavy atom. The molecule has 0 radical (unpaired) electrons. The molecule has 1 aliphatic rings. The number of aromatic nitrogens is 3. The van der Waals surface area contributed by atoms with Crippen molar-refractivity contribution in [2.75, 3.05) is 17.2 Å². The highest BCUT2D eigenvalue weighted by Gasteiger charge is 2.27. The smallest absolute Gasteiger partial charge is 0.237 e. The van der Waals surface area contributed by atoms with E-state index in [1.807, 2.05) is 15.5 Å². The van der Waals surface area contributed by atoms with Crippen molar-refractivity contribution in [3.63, 3.8) is 0 Å². The molecule has 106 valence electrons. The molecule has 0 bridgehead atoms. The van der Waals surface area contributed by atoms with Crippen LogP contribution in [-0.2, 0) is 4.79 Å². The SMILES string of the molecule is NC(=O)CN(c1nc(N)cn2ccnc12)C1CCCC1. The minimum Gasteiger partial charge on any atom is -0.382 e. The van der Waals surface area contributed by atoms with Gasteiger partial charge in [0.25, 0.3) is 0 Å². The van der Waals surface area contributed by atoms with Crippen LogP contribution in [0.4, 0.5) is 11.6 Å². The molecule has 0 aliphatic heterocycles. The third kappa shape index (κ3) is 2.26. The highest BCUT2D eigenvalue weighted by atomic mass is 16.1. The number of nitrogen functional groups attached to an aromatic ring is 1. The van der Waals surface area contributed by atoms with E-state index in [0.717, 1.165) is 25.7 Å². The Hall–Kier alpha value is -2.31. The predicted molar refractivity (Wildman–Crippen MR) is 76.2 cm³/mol. The second kappa shape index (κ2) is 4.99. The van der Waals surface area contributed by atoms with E-state index in [4.69, 9.17) is 11.5 Å². The second-order valence-corrected chi connectivity index (χ2v) is 5.18. The van der Waals surface area contributed by atoms with Gasteiger partial charge in [-0.05, 0) is 12.8 Å². The van der Waals surface area contributed by atoms with Gasteiger partial charge in [-0.3, -0.25) is 4.79 Å². The molecule has 0 saturated heterocycles. The van der Waals surface area contributed by atoms with Gasteiger partial charge >= 0.3 is 0 Å². The van der Waals surface area contributed by atoms with E-state index in [9.17, 15) is 4.79 Å². The number of carbonyl (C=O) groups is 1. The van der Waals surface area contributed by atoms with Gasteiger partial charge in [0.15, 0.2) is 11.5 Å². The number of amides is 1. The van der Waals surface area contributed by atoms with Crippen molar-refractivity contribution in [2.24, 2.45) is 5.73 Å². The van der Waals surface area contributed by atoms with Crippen molar-refractivity contribution in [3.05, 3.63) is 18.6 Å². The summed E-state index contributed by atoms with van der Waals surface area (Å²) in [5.74, 6) is 0.671. The summed E-state index contributed by atoms with van der Waals surface area (Å²) in [5.41, 5.74) is 11.9. The van der Waals surface area contributed by atoms with Crippen molar-refractivity contribution in [1.82, 2.24) is 14.4 Å². The summed E-state index contributed by atoms with van der Waals surface area (Å²) < 4.78 is 1.82. The van der Waals surface area contributed by atoms with Crippen LogP contribution in [0, 0.1) is 0 Å². The number of primary amides is 1. The van der Waals surface area contributed by atoms with Crippen LogP contribution in [0.25, 0.3) is 5.65 Å². The van der Waals surface area contributed by atoms with E-state index >= 15 is 0 Å². The molecule has 2 aromatic rings. The molecule has 7 nitrogen and oxygen atoms in total. The van der Waals surface area contributed by atoms with Crippen LogP contribution < -0.4 is 16.4 Å². The highest BCUT2D eigenvalue weighted by Crippen LogP contribution is 2.29. The number of hydrogen-bond donors (Lipinski definition) is 2. The van der Waals surface area contributed by atoms with Gasteiger partial charge < -0.3 is 20.8 Å². The Kier molecular flexibility index (Phi) is 3.17. The van der Waals surface area contributed by atoms with Crippen molar-refractivity contribution < 1.29 is 4.79 Å². The molecule has 20 heavy (non-hydrogen) atoms. The monoisotopic (exact) mass is 274 g/mol. The number of fused-ring (bicyclic) bond motifs is 1. The zero-order valence-corrected chi connectivity index (χ0v) is 11.2. The van der Waals surface area contributed by atoms with Gasteiger partial charge in [0.1, 0.15) is 5.82 Å². The Balaban J connectivity index is 2.07. The van der Waals surface area contributed by atoms with Crippen molar-refractivity contribution in [3.8, 4) is 0 Å². The zero-order valence-electron chi connectivity index (χ0n) is 11.2. The maximum atomic E-state index is 11.4. The topological polar surface area (TPSA) is 103 Å². The first-order valence-electron chi connectivity index (χ1n) is 6.79. The standard InChI is InChI=1S/C13H18N6O/c14-10-7-18-6-5-16-12(18)13(17-10)19(8-11(15)20)9-3-1-2-4-9/h5-7,9H,1-4,8,14H2,(H2,15,20). The van der Waals surface area contributed by atoms with Crippen LogP contribution in [0.1, 0.15) is 25.7 Å². The Bertz CT molecular complexity index is 631. The Morgan fingerprint density at radius 3 is 2.90 bits per heavy atom. The van der Waals surface area contributed by atoms with Crippen LogP contribution >= 0.6 is 0 Å². The lowest BCUT2D eigenvalue weighted by atomic mass is 10.2. The van der Waals surface area contributed by atoms with Crippen LogP contribution in [0.2, 0.25) is 0 Å². The minimum absolute atomic E-state index is 0.143. The molecule has 0 aromatic carbocycles. The van der Waals surface area contributed by atoms with Gasteiger partial charge in [-0.25, -0.2) is 9.97 Å². The molecule has 2 aromatic heterocycles. The highest BCUT2D eigenvalue weighted by molar-refractivity contribution is 5.81. The van der Waals surface area contributed by atoms with Gasteiger partial charge in [0.05, 0.1) is 12.7 Å². The third-order valence-electron chi connectivity index (χ3n) is 3.74. The lowest BCUT2D eigenvalue weighted by Gasteiger charge is -2.29. The Morgan fingerprint density at radius 2 is 2.20 bits per heavy atom. The molecule has 1 amide bonds. The largest absolute Gasteiger partial charge is 0.382 e. The number of nitrogens with zero attached hydrogens (tertiary/aromatic N) is 4. The Labute approximate surface area is 116 Å². The van der Waals surface area contributed by atoms with Gasteiger partial charge in [-0.1, -0.05) is 12.8 Å². The maximum Gasteiger partial charge on any atom is 0.237 e. The number of nitrogens with two attached hydrogens (primary N) is 2. The summed E-state index contributed by atoms with van der Waals surface area (Å²) in [6.07, 6.45) is 9.61. The van der Waals surface area contributed by atoms with Crippen LogP contribution in [-0.4, -0.2) is 32.9 Å². The lowest BCUT2D eigenvalue weighted by molar-refractivity contribution is -0.116. The van der Waals surface area contributed by atoms with Crippen molar-refractivity contribution in [1.29, 1.82) is 0 Å². The molecule has 1 saturated carbocycles. The number of anilines is 2. The quantitative estimate of drug-likeness (QED) is 0.847. The van der Waals surface area contributed by atoms with Gasteiger partial charge in [-0.2, -0.15) is 0 Å². The van der Waals surface area contributed by atoms with E-state index in [-0.39, 0.29) is 18.5 Å². The fourth-order valence-corrected chi connectivity index (χ4v) is 2.89. The van der Waals surface area contributed by atoms with E-state index < -0.39 is 0 Å². The van der Waals surface area contributed by atoms with E-state index in [0.29, 0.717) is 17.3 Å². The lowest BCUT2D eigenvalue weighted by Crippen LogP contribution is -2.41. The maximum absolute atomic E-state index is 11.4. The summed E-state index contributed by atoms with van der Waals surface area (Å²) in [6, 6.07) is 0.275. The first kappa shape index (κ1) is 12.7. The van der Waals surface area contributed by atoms with E-state index in [2.05, 4.69) is 9.97 Å². The fraction of sp³-hybridized carbons (Fsp3) is 0.462. The number of imidazole rings is 1. The molecule has 7 heteroatoms. The molecule has 2 heterocycles. The van der Waals surface area contributed by atoms with E-state index in [1.54, 1.807) is 12.4 Å². The summed E-state index contributed by atoms with van der Waals surface area (Å²) in [6.45, 7) is 0.143. The zero-order chi connectivity index (χ0) is 14.1. The molecule has 0 unspecified atom stereocenters. The third-order valence-corrected chi connectivity index (χ3v) is 3.74. The number of rotatable bonds is 4. The molecule has 1 aliphatic carbocycles. The van der Waals surface area contributed by atoms with Gasteiger partial charge in [0, 0.05) is 18.4 Å².